The highest BCUT2D eigenvalue weighted by atomic mass is 32.2. The van der Waals surface area contributed by atoms with Gasteiger partial charge in [-0.15, -0.1) is 0 Å². The SMILES string of the molecule is CC1CCN(S(=O)(=O)N2CCC(C)C(O)C2)CC1. The van der Waals surface area contributed by atoms with Crippen molar-refractivity contribution in [1.82, 2.24) is 8.61 Å². The zero-order valence-corrected chi connectivity index (χ0v) is 12.1. The molecule has 0 bridgehead atoms. The van der Waals surface area contributed by atoms with Gasteiger partial charge < -0.3 is 5.11 Å². The molecular formula is C12H24N2O3S. The Bertz CT molecular complexity index is 377. The zero-order valence-electron chi connectivity index (χ0n) is 11.2. The van der Waals surface area contributed by atoms with Gasteiger partial charge in [0.05, 0.1) is 6.10 Å². The van der Waals surface area contributed by atoms with E-state index in [1.54, 1.807) is 4.31 Å². The highest BCUT2D eigenvalue weighted by molar-refractivity contribution is 7.86. The Morgan fingerprint density at radius 2 is 1.56 bits per heavy atom. The Kier molecular flexibility index (Phi) is 4.31. The van der Waals surface area contributed by atoms with Gasteiger partial charge in [0.2, 0.25) is 0 Å². The second kappa shape index (κ2) is 5.45. The Labute approximate surface area is 110 Å². The normalized spacial score (nSPS) is 33.7. The number of piperidine rings is 2. The van der Waals surface area contributed by atoms with Crippen molar-refractivity contribution in [3.05, 3.63) is 0 Å². The molecule has 2 aliphatic heterocycles. The molecule has 0 saturated carbocycles. The van der Waals surface area contributed by atoms with E-state index in [1.807, 2.05) is 6.92 Å². The molecule has 0 radical (unpaired) electrons. The van der Waals surface area contributed by atoms with Crippen LogP contribution in [0.3, 0.4) is 0 Å². The summed E-state index contributed by atoms with van der Waals surface area (Å²) in [6.45, 7) is 6.15. The zero-order chi connectivity index (χ0) is 13.3. The first-order valence-corrected chi connectivity index (χ1v) is 8.24. The molecule has 106 valence electrons. The smallest absolute Gasteiger partial charge is 0.282 e. The lowest BCUT2D eigenvalue weighted by molar-refractivity contribution is 0.0575. The molecule has 0 amide bonds. The number of hydrogen-bond donors (Lipinski definition) is 1. The van der Waals surface area contributed by atoms with Crippen LogP contribution < -0.4 is 0 Å². The van der Waals surface area contributed by atoms with Gasteiger partial charge in [-0.25, -0.2) is 0 Å². The predicted molar refractivity (Wildman–Crippen MR) is 70.3 cm³/mol. The molecular weight excluding hydrogens is 252 g/mol. The molecule has 2 aliphatic rings. The largest absolute Gasteiger partial charge is 0.391 e. The Morgan fingerprint density at radius 3 is 2.11 bits per heavy atom. The van der Waals surface area contributed by atoms with E-state index >= 15 is 0 Å². The molecule has 1 N–H and O–H groups in total. The third-order valence-electron chi connectivity index (χ3n) is 4.28. The maximum atomic E-state index is 12.4. The first kappa shape index (κ1) is 14.2. The van der Waals surface area contributed by atoms with Crippen LogP contribution in [0.2, 0.25) is 0 Å². The van der Waals surface area contributed by atoms with Gasteiger partial charge in [-0.3, -0.25) is 0 Å². The van der Waals surface area contributed by atoms with Gasteiger partial charge in [0.1, 0.15) is 0 Å². The molecule has 5 nitrogen and oxygen atoms in total. The summed E-state index contributed by atoms with van der Waals surface area (Å²) >= 11 is 0. The maximum absolute atomic E-state index is 12.4. The molecule has 2 atom stereocenters. The summed E-state index contributed by atoms with van der Waals surface area (Å²) in [5.41, 5.74) is 0. The average Bonchev–Trinajstić information content (AvgIpc) is 2.33. The van der Waals surface area contributed by atoms with Crippen molar-refractivity contribution in [3.63, 3.8) is 0 Å². The number of aliphatic hydroxyl groups is 1. The average molecular weight is 276 g/mol. The minimum atomic E-state index is -3.36. The third kappa shape index (κ3) is 2.87. The van der Waals surface area contributed by atoms with E-state index in [1.165, 1.54) is 4.31 Å². The molecule has 2 unspecified atom stereocenters. The lowest BCUT2D eigenvalue weighted by Gasteiger charge is -2.38. The first-order chi connectivity index (χ1) is 8.41. The van der Waals surface area contributed by atoms with Gasteiger partial charge in [-0.2, -0.15) is 17.0 Å². The fourth-order valence-electron chi connectivity index (χ4n) is 2.61. The van der Waals surface area contributed by atoms with Gasteiger partial charge in [0, 0.05) is 26.2 Å². The van der Waals surface area contributed by atoms with Gasteiger partial charge in [-0.05, 0) is 31.1 Å². The molecule has 18 heavy (non-hydrogen) atoms. The molecule has 0 aromatic heterocycles. The van der Waals surface area contributed by atoms with E-state index in [9.17, 15) is 13.5 Å². The lowest BCUT2D eigenvalue weighted by Crippen LogP contribution is -2.52. The number of aliphatic hydroxyl groups excluding tert-OH is 1. The number of nitrogens with zero attached hydrogens (tertiary/aromatic N) is 2. The van der Waals surface area contributed by atoms with Crippen molar-refractivity contribution in [3.8, 4) is 0 Å². The van der Waals surface area contributed by atoms with Crippen molar-refractivity contribution in [2.45, 2.75) is 39.2 Å². The molecule has 2 fully saturated rings. The Hall–Kier alpha value is -0.170. The minimum absolute atomic E-state index is 0.192. The second-order valence-corrected chi connectivity index (χ2v) is 7.71. The van der Waals surface area contributed by atoms with E-state index in [0.717, 1.165) is 19.3 Å². The van der Waals surface area contributed by atoms with E-state index in [0.29, 0.717) is 25.6 Å². The number of rotatable bonds is 2. The predicted octanol–water partition coefficient (Wildman–Crippen LogP) is 0.666. The van der Waals surface area contributed by atoms with Gasteiger partial charge >= 0.3 is 0 Å². The van der Waals surface area contributed by atoms with Crippen molar-refractivity contribution in [2.75, 3.05) is 26.2 Å². The molecule has 6 heteroatoms. The quantitative estimate of drug-likeness (QED) is 0.806. The molecule has 0 spiro atoms. The van der Waals surface area contributed by atoms with Crippen molar-refractivity contribution < 1.29 is 13.5 Å². The lowest BCUT2D eigenvalue weighted by atomic mass is 9.98. The summed E-state index contributed by atoms with van der Waals surface area (Å²) in [6.07, 6.45) is 2.08. The van der Waals surface area contributed by atoms with Crippen LogP contribution in [0.5, 0.6) is 0 Å². The van der Waals surface area contributed by atoms with Gasteiger partial charge in [0.15, 0.2) is 0 Å². The summed E-state index contributed by atoms with van der Waals surface area (Å²) in [4.78, 5) is 0. The molecule has 0 aromatic carbocycles. The van der Waals surface area contributed by atoms with E-state index in [-0.39, 0.29) is 12.5 Å². The molecule has 2 saturated heterocycles. The van der Waals surface area contributed by atoms with Crippen LogP contribution in [0.4, 0.5) is 0 Å². The van der Waals surface area contributed by atoms with Crippen molar-refractivity contribution in [1.29, 1.82) is 0 Å². The Balaban J connectivity index is 2.02. The van der Waals surface area contributed by atoms with Crippen molar-refractivity contribution in [2.24, 2.45) is 11.8 Å². The van der Waals surface area contributed by atoms with Crippen LogP contribution in [-0.2, 0) is 10.2 Å². The van der Waals surface area contributed by atoms with Crippen LogP contribution in [0.15, 0.2) is 0 Å². The molecule has 0 aliphatic carbocycles. The molecule has 2 rings (SSSR count). The fourth-order valence-corrected chi connectivity index (χ4v) is 4.28. The van der Waals surface area contributed by atoms with Gasteiger partial charge in [0.25, 0.3) is 10.2 Å². The highest BCUT2D eigenvalue weighted by Gasteiger charge is 2.36. The van der Waals surface area contributed by atoms with E-state index < -0.39 is 16.3 Å². The highest BCUT2D eigenvalue weighted by Crippen LogP contribution is 2.24. The van der Waals surface area contributed by atoms with Crippen LogP contribution in [0.1, 0.15) is 33.1 Å². The molecule has 0 aromatic rings. The summed E-state index contributed by atoms with van der Waals surface area (Å²) in [7, 11) is -3.36. The minimum Gasteiger partial charge on any atom is -0.391 e. The number of β-amino-alcohol motifs (C(OH)–C–C–N with tert-alkyl or cyclic N) is 1. The fraction of sp³-hybridized carbons (Fsp3) is 1.00. The van der Waals surface area contributed by atoms with E-state index in [4.69, 9.17) is 0 Å². The summed E-state index contributed by atoms with van der Waals surface area (Å²) in [5.74, 6) is 0.807. The Morgan fingerprint density at radius 1 is 1.00 bits per heavy atom. The van der Waals surface area contributed by atoms with E-state index in [2.05, 4.69) is 6.92 Å². The van der Waals surface area contributed by atoms with Crippen LogP contribution in [0, 0.1) is 11.8 Å². The standard InChI is InChI=1S/C12H24N2O3S/c1-10-3-6-13(7-4-10)18(16,17)14-8-5-11(2)12(15)9-14/h10-12,15H,3-9H2,1-2H3. The van der Waals surface area contributed by atoms with Crippen LogP contribution in [-0.4, -0.2) is 54.4 Å². The summed E-state index contributed by atoms with van der Waals surface area (Å²) < 4.78 is 27.9. The van der Waals surface area contributed by atoms with Gasteiger partial charge in [-0.1, -0.05) is 13.8 Å². The first-order valence-electron chi connectivity index (χ1n) is 6.84. The number of hydrogen-bond acceptors (Lipinski definition) is 3. The second-order valence-electron chi connectivity index (χ2n) is 5.78. The monoisotopic (exact) mass is 276 g/mol. The topological polar surface area (TPSA) is 60.9 Å². The summed E-state index contributed by atoms with van der Waals surface area (Å²) in [6, 6.07) is 0. The third-order valence-corrected chi connectivity index (χ3v) is 6.28. The van der Waals surface area contributed by atoms with Crippen LogP contribution in [0.25, 0.3) is 0 Å². The molecule has 2 heterocycles. The van der Waals surface area contributed by atoms with Crippen molar-refractivity contribution >= 4 is 10.2 Å². The maximum Gasteiger partial charge on any atom is 0.282 e. The van der Waals surface area contributed by atoms with Crippen LogP contribution >= 0.6 is 0 Å². The summed E-state index contributed by atoms with van der Waals surface area (Å²) in [5, 5.41) is 9.83.